The highest BCUT2D eigenvalue weighted by Gasteiger charge is 2.38. The highest BCUT2D eigenvalue weighted by atomic mass is 19.3. The third-order valence-electron chi connectivity index (χ3n) is 4.73. The lowest BCUT2D eigenvalue weighted by atomic mass is 9.93. The summed E-state index contributed by atoms with van der Waals surface area (Å²) < 4.78 is 26.4. The number of carbonyl (C=O) groups excluding carboxylic acids is 1. The molecule has 1 atom stereocenters. The minimum atomic E-state index is -2.56. The predicted octanol–water partition coefficient (Wildman–Crippen LogP) is 0.810. The lowest BCUT2D eigenvalue weighted by Crippen LogP contribution is -2.48. The number of aliphatic hydroxyl groups is 1. The summed E-state index contributed by atoms with van der Waals surface area (Å²) in [5.41, 5.74) is 4.52. The average Bonchev–Trinajstić information content (AvgIpc) is 2.64. The number of carbonyl (C=O) groups is 1. The molecule has 2 aliphatic heterocycles. The second-order valence-electron chi connectivity index (χ2n) is 6.63. The Balaban J connectivity index is 1.85. The van der Waals surface area contributed by atoms with Crippen molar-refractivity contribution >= 4 is 5.91 Å². The number of hydrogen-bond acceptors (Lipinski definition) is 4. The van der Waals surface area contributed by atoms with Crippen LogP contribution in [0.1, 0.15) is 38.5 Å². The quantitative estimate of drug-likeness (QED) is 0.804. The van der Waals surface area contributed by atoms with E-state index in [-0.39, 0.29) is 18.7 Å². The summed E-state index contributed by atoms with van der Waals surface area (Å²) in [4.78, 5) is 15.6. The van der Waals surface area contributed by atoms with Crippen LogP contribution in [0, 0.1) is 0 Å². The van der Waals surface area contributed by atoms with E-state index in [0.717, 1.165) is 6.42 Å². The molecule has 22 heavy (non-hydrogen) atoms. The van der Waals surface area contributed by atoms with Crippen molar-refractivity contribution in [1.29, 1.82) is 0 Å². The first-order chi connectivity index (χ1) is 10.3. The van der Waals surface area contributed by atoms with E-state index in [1.165, 1.54) is 0 Å². The molecule has 0 aromatic heterocycles. The molecule has 2 aliphatic rings. The molecule has 0 aliphatic carbocycles. The normalized spacial score (nSPS) is 30.1. The van der Waals surface area contributed by atoms with Gasteiger partial charge >= 0.3 is 0 Å². The molecule has 5 nitrogen and oxygen atoms in total. The van der Waals surface area contributed by atoms with Gasteiger partial charge in [0.15, 0.2) is 0 Å². The van der Waals surface area contributed by atoms with Gasteiger partial charge in [0, 0.05) is 58.5 Å². The van der Waals surface area contributed by atoms with E-state index in [2.05, 4.69) is 0 Å². The lowest BCUT2D eigenvalue weighted by molar-refractivity contribution is -0.131. The number of hydrogen-bond donors (Lipinski definition) is 2. The smallest absolute Gasteiger partial charge is 0.250 e. The van der Waals surface area contributed by atoms with Gasteiger partial charge in [0.2, 0.25) is 5.91 Å². The van der Waals surface area contributed by atoms with Gasteiger partial charge in [-0.15, -0.1) is 0 Å². The Hall–Kier alpha value is -0.790. The topological polar surface area (TPSA) is 69.8 Å². The minimum absolute atomic E-state index is 0.0318. The largest absolute Gasteiger partial charge is 0.388 e. The number of β-amino-alcohol motifs (C(OH)–C–C–N with tert-alkyl or cyclic N) is 1. The molecule has 0 bridgehead atoms. The van der Waals surface area contributed by atoms with Crippen molar-refractivity contribution < 1.29 is 18.7 Å². The zero-order chi connectivity index (χ0) is 16.2. The van der Waals surface area contributed by atoms with Crippen LogP contribution in [0.4, 0.5) is 8.78 Å². The number of rotatable bonds is 4. The number of nitrogens with zero attached hydrogens (tertiary/aromatic N) is 2. The summed E-state index contributed by atoms with van der Waals surface area (Å²) in [6, 6.07) is 0. The van der Waals surface area contributed by atoms with Gasteiger partial charge < -0.3 is 20.6 Å². The van der Waals surface area contributed by atoms with Crippen LogP contribution in [-0.4, -0.2) is 71.6 Å². The zero-order valence-corrected chi connectivity index (χ0v) is 13.1. The second kappa shape index (κ2) is 7.19. The van der Waals surface area contributed by atoms with Crippen molar-refractivity contribution in [3.8, 4) is 0 Å². The maximum atomic E-state index is 13.2. The summed E-state index contributed by atoms with van der Waals surface area (Å²) >= 11 is 0. The molecule has 2 heterocycles. The van der Waals surface area contributed by atoms with Gasteiger partial charge in [0.25, 0.3) is 5.92 Å². The van der Waals surface area contributed by atoms with Gasteiger partial charge in [0.1, 0.15) is 0 Å². The number of piperidine rings is 1. The van der Waals surface area contributed by atoms with E-state index in [9.17, 15) is 18.7 Å². The van der Waals surface area contributed by atoms with Crippen LogP contribution in [0.3, 0.4) is 0 Å². The molecule has 128 valence electrons. The fraction of sp³-hybridized carbons (Fsp3) is 0.933. The van der Waals surface area contributed by atoms with Crippen molar-refractivity contribution in [1.82, 2.24) is 9.80 Å². The Morgan fingerprint density at radius 1 is 1.09 bits per heavy atom. The van der Waals surface area contributed by atoms with Crippen LogP contribution in [0.5, 0.6) is 0 Å². The van der Waals surface area contributed by atoms with Crippen LogP contribution in [0.25, 0.3) is 0 Å². The summed E-state index contributed by atoms with van der Waals surface area (Å²) in [6.45, 7) is 2.55. The van der Waals surface area contributed by atoms with Crippen LogP contribution < -0.4 is 5.73 Å². The van der Waals surface area contributed by atoms with Gasteiger partial charge in [-0.3, -0.25) is 4.79 Å². The van der Waals surface area contributed by atoms with Crippen LogP contribution in [0.15, 0.2) is 0 Å². The molecule has 1 amide bonds. The number of nitrogens with two attached hydrogens (primary N) is 1. The van der Waals surface area contributed by atoms with E-state index in [4.69, 9.17) is 5.73 Å². The van der Waals surface area contributed by atoms with E-state index in [0.29, 0.717) is 58.5 Å². The van der Waals surface area contributed by atoms with Crippen molar-refractivity contribution in [2.75, 3.05) is 39.3 Å². The Morgan fingerprint density at radius 3 is 2.41 bits per heavy atom. The third-order valence-corrected chi connectivity index (χ3v) is 4.73. The van der Waals surface area contributed by atoms with E-state index in [1.54, 1.807) is 4.90 Å². The summed E-state index contributed by atoms with van der Waals surface area (Å²) in [6.07, 6.45) is 1.90. The number of alkyl halides is 2. The zero-order valence-electron chi connectivity index (χ0n) is 13.1. The molecular weight excluding hydrogens is 292 g/mol. The molecule has 2 rings (SSSR count). The average molecular weight is 319 g/mol. The molecule has 0 unspecified atom stereocenters. The van der Waals surface area contributed by atoms with Crippen LogP contribution >= 0.6 is 0 Å². The lowest BCUT2D eigenvalue weighted by Gasteiger charge is -2.37. The maximum absolute atomic E-state index is 13.2. The fourth-order valence-electron chi connectivity index (χ4n) is 3.32. The monoisotopic (exact) mass is 319 g/mol. The highest BCUT2D eigenvalue weighted by molar-refractivity contribution is 5.76. The molecule has 0 aromatic carbocycles. The fourth-order valence-corrected chi connectivity index (χ4v) is 3.32. The van der Waals surface area contributed by atoms with Gasteiger partial charge in [-0.2, -0.15) is 0 Å². The SMILES string of the molecule is NCCC(=O)N1CCC[C@](O)(CN2CCC(F)(F)CC2)CC1. The molecule has 0 saturated carbocycles. The summed E-state index contributed by atoms with van der Waals surface area (Å²) in [5.74, 6) is -2.53. The van der Waals surface area contributed by atoms with Crippen LogP contribution in [-0.2, 0) is 4.79 Å². The number of halogens is 2. The van der Waals surface area contributed by atoms with Crippen LogP contribution in [0.2, 0.25) is 0 Å². The Bertz CT molecular complexity index is 385. The predicted molar refractivity (Wildman–Crippen MR) is 79.7 cm³/mol. The third kappa shape index (κ3) is 4.86. The first-order valence-electron chi connectivity index (χ1n) is 8.14. The first kappa shape index (κ1) is 17.6. The van der Waals surface area contributed by atoms with Crippen molar-refractivity contribution in [3.63, 3.8) is 0 Å². The van der Waals surface area contributed by atoms with Crippen molar-refractivity contribution in [3.05, 3.63) is 0 Å². The standard InChI is InChI=1S/C15H27F2N3O2/c16-15(17)5-9-19(10-6-15)12-14(22)3-1-8-20(11-4-14)13(21)2-7-18/h22H,1-12,18H2/t14-/m1/s1. The Morgan fingerprint density at radius 2 is 1.77 bits per heavy atom. The molecule has 0 spiro atoms. The molecule has 7 heteroatoms. The number of amides is 1. The van der Waals surface area contributed by atoms with Crippen molar-refractivity contribution in [2.24, 2.45) is 5.73 Å². The van der Waals surface area contributed by atoms with Gasteiger partial charge in [-0.05, 0) is 19.3 Å². The van der Waals surface area contributed by atoms with E-state index in [1.807, 2.05) is 4.90 Å². The molecule has 3 N–H and O–H groups in total. The summed E-state index contributed by atoms with van der Waals surface area (Å²) in [7, 11) is 0. The second-order valence-corrected chi connectivity index (χ2v) is 6.63. The first-order valence-corrected chi connectivity index (χ1v) is 8.14. The molecule has 2 saturated heterocycles. The summed E-state index contributed by atoms with van der Waals surface area (Å²) in [5, 5.41) is 10.8. The van der Waals surface area contributed by atoms with Gasteiger partial charge in [-0.1, -0.05) is 0 Å². The highest BCUT2D eigenvalue weighted by Crippen LogP contribution is 2.30. The molecule has 0 radical (unpaired) electrons. The maximum Gasteiger partial charge on any atom is 0.250 e. The molecule has 2 fully saturated rings. The molecular formula is C15H27F2N3O2. The van der Waals surface area contributed by atoms with E-state index >= 15 is 0 Å². The Labute approximate surface area is 130 Å². The van der Waals surface area contributed by atoms with Gasteiger partial charge in [-0.25, -0.2) is 8.78 Å². The minimum Gasteiger partial charge on any atom is -0.388 e. The Kier molecular flexibility index (Phi) is 5.74. The van der Waals surface area contributed by atoms with E-state index < -0.39 is 11.5 Å². The van der Waals surface area contributed by atoms with Crippen molar-refractivity contribution in [2.45, 2.75) is 50.0 Å². The van der Waals surface area contributed by atoms with Gasteiger partial charge in [0.05, 0.1) is 5.60 Å². The molecule has 0 aromatic rings. The number of likely N-dealkylation sites (tertiary alicyclic amines) is 2.